The van der Waals surface area contributed by atoms with Crippen LogP contribution < -0.4 is 10.1 Å². The zero-order valence-electron chi connectivity index (χ0n) is 13.6. The van der Waals surface area contributed by atoms with Crippen molar-refractivity contribution in [3.05, 3.63) is 83.0 Å². The molecule has 2 aromatic carbocycles. The van der Waals surface area contributed by atoms with E-state index in [0.717, 1.165) is 18.2 Å². The Balaban J connectivity index is 1.80. The van der Waals surface area contributed by atoms with Crippen LogP contribution in [0.2, 0.25) is 5.02 Å². The van der Waals surface area contributed by atoms with Crippen molar-refractivity contribution in [1.82, 2.24) is 4.98 Å². The number of hydrogen-bond acceptors (Lipinski definition) is 3. The molecule has 0 atom stereocenters. The van der Waals surface area contributed by atoms with Gasteiger partial charge in [0, 0.05) is 17.8 Å². The summed E-state index contributed by atoms with van der Waals surface area (Å²) in [6.45, 7) is 0. The van der Waals surface area contributed by atoms with E-state index in [2.05, 4.69) is 10.3 Å². The Bertz CT molecular complexity index is 963. The molecule has 1 aromatic heterocycles. The summed E-state index contributed by atoms with van der Waals surface area (Å²) in [6, 6.07) is 14.0. The van der Waals surface area contributed by atoms with Gasteiger partial charge in [-0.05, 0) is 42.5 Å². The maximum Gasteiger partial charge on any atom is 0.416 e. The van der Waals surface area contributed by atoms with Gasteiger partial charge in [0.05, 0.1) is 16.3 Å². The van der Waals surface area contributed by atoms with Crippen LogP contribution in [0.1, 0.15) is 15.9 Å². The van der Waals surface area contributed by atoms with Gasteiger partial charge in [0.1, 0.15) is 5.75 Å². The van der Waals surface area contributed by atoms with E-state index in [0.29, 0.717) is 11.6 Å². The van der Waals surface area contributed by atoms with Gasteiger partial charge in [-0.3, -0.25) is 4.79 Å². The third kappa shape index (κ3) is 4.77. The van der Waals surface area contributed by atoms with Crippen molar-refractivity contribution < 1.29 is 22.7 Å². The number of anilines is 1. The number of carbonyl (C=O) groups excluding carboxylic acids is 1. The topological polar surface area (TPSA) is 51.2 Å². The maximum atomic E-state index is 12.8. The minimum Gasteiger partial charge on any atom is -0.439 e. The molecule has 0 spiro atoms. The zero-order valence-corrected chi connectivity index (χ0v) is 14.4. The quantitative estimate of drug-likeness (QED) is 0.610. The molecule has 0 bridgehead atoms. The molecule has 0 fully saturated rings. The number of benzene rings is 2. The fraction of sp³-hybridized carbons (Fsp3) is 0.0526. The number of carbonyl (C=O) groups is 1. The molecule has 3 rings (SSSR count). The first kappa shape index (κ1) is 18.7. The number of rotatable bonds is 4. The molecule has 0 aliphatic carbocycles. The number of alkyl halides is 3. The minimum atomic E-state index is -4.54. The fourth-order valence-electron chi connectivity index (χ4n) is 2.22. The Kier molecular flexibility index (Phi) is 5.32. The molecule has 1 amide bonds. The molecule has 0 saturated heterocycles. The summed E-state index contributed by atoms with van der Waals surface area (Å²) in [7, 11) is 0. The number of nitrogens with one attached hydrogen (secondary N) is 1. The van der Waals surface area contributed by atoms with E-state index in [9.17, 15) is 18.0 Å². The summed E-state index contributed by atoms with van der Waals surface area (Å²) in [6.07, 6.45) is -2.98. The van der Waals surface area contributed by atoms with E-state index in [-0.39, 0.29) is 16.3 Å². The first-order valence-electron chi connectivity index (χ1n) is 7.70. The molecule has 1 N–H and O–H groups in total. The van der Waals surface area contributed by atoms with Crippen molar-refractivity contribution >= 4 is 23.2 Å². The van der Waals surface area contributed by atoms with Crippen LogP contribution in [0, 0.1) is 0 Å². The van der Waals surface area contributed by atoms with Crippen molar-refractivity contribution in [3.63, 3.8) is 0 Å². The van der Waals surface area contributed by atoms with E-state index in [4.69, 9.17) is 16.3 Å². The van der Waals surface area contributed by atoms with Crippen LogP contribution in [-0.4, -0.2) is 10.9 Å². The van der Waals surface area contributed by atoms with Gasteiger partial charge < -0.3 is 10.1 Å². The van der Waals surface area contributed by atoms with Crippen molar-refractivity contribution in [2.24, 2.45) is 0 Å². The summed E-state index contributed by atoms with van der Waals surface area (Å²) in [4.78, 5) is 16.4. The molecule has 0 aliphatic rings. The molecule has 0 unspecified atom stereocenters. The smallest absolute Gasteiger partial charge is 0.416 e. The van der Waals surface area contributed by atoms with E-state index >= 15 is 0 Å². The Morgan fingerprint density at radius 2 is 1.85 bits per heavy atom. The third-order valence-electron chi connectivity index (χ3n) is 3.50. The number of amides is 1. The second kappa shape index (κ2) is 7.67. The predicted octanol–water partition coefficient (Wildman–Crippen LogP) is 5.80. The molecular formula is C19H12ClF3N2O2. The lowest BCUT2D eigenvalue weighted by atomic mass is 10.1. The zero-order chi connectivity index (χ0) is 19.4. The molecule has 0 saturated carbocycles. The molecule has 0 aliphatic heterocycles. The van der Waals surface area contributed by atoms with Gasteiger partial charge in [0.2, 0.25) is 5.88 Å². The summed E-state index contributed by atoms with van der Waals surface area (Å²) < 4.78 is 44.1. The molecule has 0 radical (unpaired) electrons. The Morgan fingerprint density at radius 1 is 1.04 bits per heavy atom. The SMILES string of the molecule is O=C(Nc1cc(C(F)(F)F)ccc1Cl)c1cccc(Oc2ccccn2)c1. The van der Waals surface area contributed by atoms with Crippen LogP contribution in [0.4, 0.5) is 18.9 Å². The number of aromatic nitrogens is 1. The van der Waals surface area contributed by atoms with Gasteiger partial charge in [-0.2, -0.15) is 13.2 Å². The number of hydrogen-bond donors (Lipinski definition) is 1. The molecule has 138 valence electrons. The van der Waals surface area contributed by atoms with Crippen LogP contribution in [0.5, 0.6) is 11.6 Å². The summed E-state index contributed by atoms with van der Waals surface area (Å²) in [5.74, 6) is 0.0789. The average molecular weight is 393 g/mol. The van der Waals surface area contributed by atoms with Crippen molar-refractivity contribution in [1.29, 1.82) is 0 Å². The average Bonchev–Trinajstić information content (AvgIpc) is 2.63. The van der Waals surface area contributed by atoms with Gasteiger partial charge in [-0.1, -0.05) is 23.7 Å². The minimum absolute atomic E-state index is 0.00256. The molecule has 1 heterocycles. The molecule has 4 nitrogen and oxygen atoms in total. The van der Waals surface area contributed by atoms with Gasteiger partial charge in [-0.15, -0.1) is 0 Å². The lowest BCUT2D eigenvalue weighted by Gasteiger charge is -2.12. The lowest BCUT2D eigenvalue weighted by Crippen LogP contribution is -2.13. The van der Waals surface area contributed by atoms with Gasteiger partial charge in [-0.25, -0.2) is 4.98 Å². The van der Waals surface area contributed by atoms with Crippen molar-refractivity contribution in [2.45, 2.75) is 6.18 Å². The van der Waals surface area contributed by atoms with Crippen molar-refractivity contribution in [3.8, 4) is 11.6 Å². The third-order valence-corrected chi connectivity index (χ3v) is 3.83. The fourth-order valence-corrected chi connectivity index (χ4v) is 2.39. The van der Waals surface area contributed by atoms with Crippen LogP contribution in [0.25, 0.3) is 0 Å². The highest BCUT2D eigenvalue weighted by molar-refractivity contribution is 6.34. The molecular weight excluding hydrogens is 381 g/mol. The van der Waals surface area contributed by atoms with Crippen LogP contribution in [0.3, 0.4) is 0 Å². The molecule has 3 aromatic rings. The summed E-state index contributed by atoms with van der Waals surface area (Å²) in [5, 5.41) is 2.39. The number of pyridine rings is 1. The first-order chi connectivity index (χ1) is 12.8. The largest absolute Gasteiger partial charge is 0.439 e. The van der Waals surface area contributed by atoms with E-state index in [1.807, 2.05) is 0 Å². The molecule has 8 heteroatoms. The van der Waals surface area contributed by atoms with E-state index in [1.54, 1.807) is 36.5 Å². The lowest BCUT2D eigenvalue weighted by molar-refractivity contribution is -0.137. The Hall–Kier alpha value is -3.06. The second-order valence-corrected chi connectivity index (χ2v) is 5.85. The highest BCUT2D eigenvalue weighted by Crippen LogP contribution is 2.34. The Morgan fingerprint density at radius 3 is 2.56 bits per heavy atom. The number of ether oxygens (including phenoxy) is 1. The summed E-state index contributed by atoms with van der Waals surface area (Å²) in [5.41, 5.74) is -0.848. The highest BCUT2D eigenvalue weighted by atomic mass is 35.5. The normalized spacial score (nSPS) is 11.1. The first-order valence-corrected chi connectivity index (χ1v) is 8.08. The number of nitrogens with zero attached hydrogens (tertiary/aromatic N) is 1. The highest BCUT2D eigenvalue weighted by Gasteiger charge is 2.31. The van der Waals surface area contributed by atoms with Gasteiger partial charge in [0.25, 0.3) is 5.91 Å². The Labute approximate surface area is 157 Å². The monoisotopic (exact) mass is 392 g/mol. The maximum absolute atomic E-state index is 12.8. The number of halogens is 4. The van der Waals surface area contributed by atoms with Crippen LogP contribution in [-0.2, 0) is 6.18 Å². The standard InChI is InChI=1S/C19H12ClF3N2O2/c20-15-8-7-13(19(21,22)23)11-16(15)25-18(26)12-4-3-5-14(10-12)27-17-6-1-2-9-24-17/h1-11H,(H,25,26). The predicted molar refractivity (Wildman–Crippen MR) is 95.2 cm³/mol. The van der Waals surface area contributed by atoms with E-state index < -0.39 is 17.6 Å². The van der Waals surface area contributed by atoms with Crippen molar-refractivity contribution in [2.75, 3.05) is 5.32 Å². The van der Waals surface area contributed by atoms with Crippen LogP contribution in [0.15, 0.2) is 66.9 Å². The second-order valence-electron chi connectivity index (χ2n) is 5.44. The van der Waals surface area contributed by atoms with Gasteiger partial charge >= 0.3 is 6.18 Å². The summed E-state index contributed by atoms with van der Waals surface area (Å²) >= 11 is 5.90. The molecule has 27 heavy (non-hydrogen) atoms. The van der Waals surface area contributed by atoms with E-state index in [1.165, 1.54) is 12.1 Å². The van der Waals surface area contributed by atoms with Gasteiger partial charge in [0.15, 0.2) is 0 Å². The van der Waals surface area contributed by atoms with Crippen LogP contribution >= 0.6 is 11.6 Å².